The zero-order valence-corrected chi connectivity index (χ0v) is 20.7. The third-order valence-corrected chi connectivity index (χ3v) is 5.81. The Bertz CT molecular complexity index is 1240. The van der Waals surface area contributed by atoms with Crippen molar-refractivity contribution in [1.82, 2.24) is 0 Å². The zero-order valence-electron chi connectivity index (χ0n) is 19.9. The molecular weight excluding hydrogens is 472 g/mol. The van der Waals surface area contributed by atoms with Crippen LogP contribution >= 0.6 is 11.3 Å². The number of Topliss-reactive ketones (excluding diaryl/α,β-unsaturated/α-hetero) is 1. The minimum atomic E-state index is -0.574. The first kappa shape index (κ1) is 25.5. The average molecular weight is 497 g/mol. The number of hydrogen-bond acceptors (Lipinski definition) is 9. The Hall–Kier alpha value is -4.16. The van der Waals surface area contributed by atoms with Crippen molar-refractivity contribution in [3.05, 3.63) is 52.9 Å². The van der Waals surface area contributed by atoms with Crippen LogP contribution in [0.25, 0.3) is 10.4 Å². The number of methoxy groups -OCH3 is 5. The first-order valence-electron chi connectivity index (χ1n) is 10.3. The van der Waals surface area contributed by atoms with Crippen molar-refractivity contribution in [1.29, 1.82) is 0 Å². The molecule has 0 aliphatic carbocycles. The van der Waals surface area contributed by atoms with Crippen LogP contribution in [0.4, 0.5) is 0 Å². The fourth-order valence-corrected chi connectivity index (χ4v) is 3.91. The van der Waals surface area contributed by atoms with Crippen LogP contribution < -0.4 is 23.7 Å². The summed E-state index contributed by atoms with van der Waals surface area (Å²) >= 11 is 1.56. The van der Waals surface area contributed by atoms with E-state index in [9.17, 15) is 9.59 Å². The standard InChI is InChI=1S/C26H24O8S/c1-29-20-14-21(30-2)18(24-7-6-10-35-24)11-16(20)8-9-19(27)17-12-22(31-3)26(23(13-17)32-4)34-15-25(28)33-5/h6-7,10-14H,15H2,1-5H3. The molecule has 0 radical (unpaired) electrons. The Labute approximate surface area is 207 Å². The van der Waals surface area contributed by atoms with Gasteiger partial charge in [-0.1, -0.05) is 12.0 Å². The minimum absolute atomic E-state index is 0.169. The molecule has 0 atom stereocenters. The molecule has 35 heavy (non-hydrogen) atoms. The number of esters is 1. The second-order valence-corrected chi connectivity index (χ2v) is 7.83. The van der Waals surface area contributed by atoms with Gasteiger partial charge in [0.05, 0.1) is 41.1 Å². The van der Waals surface area contributed by atoms with Crippen LogP contribution in [0.3, 0.4) is 0 Å². The van der Waals surface area contributed by atoms with Crippen LogP contribution in [0.1, 0.15) is 15.9 Å². The van der Waals surface area contributed by atoms with E-state index in [-0.39, 0.29) is 29.4 Å². The summed E-state index contributed by atoms with van der Waals surface area (Å²) in [4.78, 5) is 25.4. The molecule has 1 aromatic heterocycles. The molecule has 0 aliphatic heterocycles. The van der Waals surface area contributed by atoms with Gasteiger partial charge in [-0.05, 0) is 35.6 Å². The number of ketones is 1. The van der Waals surface area contributed by atoms with Crippen molar-refractivity contribution in [2.75, 3.05) is 42.2 Å². The van der Waals surface area contributed by atoms with E-state index >= 15 is 0 Å². The number of benzene rings is 2. The van der Waals surface area contributed by atoms with Gasteiger partial charge in [0.15, 0.2) is 18.1 Å². The Kier molecular flexibility index (Phi) is 8.59. The van der Waals surface area contributed by atoms with Crippen LogP contribution in [0, 0.1) is 11.8 Å². The van der Waals surface area contributed by atoms with E-state index in [1.165, 1.54) is 40.6 Å². The molecule has 0 aliphatic rings. The third-order valence-electron chi connectivity index (χ3n) is 4.90. The van der Waals surface area contributed by atoms with E-state index < -0.39 is 11.8 Å². The second-order valence-electron chi connectivity index (χ2n) is 6.88. The molecule has 0 bridgehead atoms. The van der Waals surface area contributed by atoms with Gasteiger partial charge in [0.2, 0.25) is 11.5 Å². The van der Waals surface area contributed by atoms with Gasteiger partial charge in [0.1, 0.15) is 11.5 Å². The molecule has 0 fully saturated rings. The van der Waals surface area contributed by atoms with E-state index in [2.05, 4.69) is 16.6 Å². The molecule has 182 valence electrons. The maximum atomic E-state index is 13.0. The van der Waals surface area contributed by atoms with Crippen LogP contribution in [0.2, 0.25) is 0 Å². The van der Waals surface area contributed by atoms with Crippen molar-refractivity contribution in [3.63, 3.8) is 0 Å². The van der Waals surface area contributed by atoms with Crippen molar-refractivity contribution < 1.29 is 38.0 Å². The molecule has 0 saturated carbocycles. The Balaban J connectivity index is 1.98. The van der Waals surface area contributed by atoms with Crippen molar-refractivity contribution in [3.8, 4) is 51.0 Å². The molecule has 2 aromatic carbocycles. The predicted octanol–water partition coefficient (Wildman–Crippen LogP) is 4.24. The topological polar surface area (TPSA) is 89.5 Å². The van der Waals surface area contributed by atoms with Crippen LogP contribution in [-0.2, 0) is 9.53 Å². The maximum absolute atomic E-state index is 13.0. The summed E-state index contributed by atoms with van der Waals surface area (Å²) in [7, 11) is 7.18. The van der Waals surface area contributed by atoms with E-state index in [0.29, 0.717) is 17.1 Å². The number of carbonyl (C=O) groups excluding carboxylic acids is 2. The third kappa shape index (κ3) is 5.86. The Morgan fingerprint density at radius 1 is 0.857 bits per heavy atom. The summed E-state index contributed by atoms with van der Waals surface area (Å²) in [5, 5.41) is 1.97. The lowest BCUT2D eigenvalue weighted by atomic mass is 10.1. The lowest BCUT2D eigenvalue weighted by Gasteiger charge is -2.14. The molecular formula is C26H24O8S. The number of thiophene rings is 1. The summed E-state index contributed by atoms with van der Waals surface area (Å²) in [5.41, 5.74) is 1.60. The van der Waals surface area contributed by atoms with E-state index in [0.717, 1.165) is 10.4 Å². The maximum Gasteiger partial charge on any atom is 0.343 e. The lowest BCUT2D eigenvalue weighted by molar-refractivity contribution is -0.142. The summed E-state index contributed by atoms with van der Waals surface area (Å²) < 4.78 is 31.7. The highest BCUT2D eigenvalue weighted by atomic mass is 32.1. The average Bonchev–Trinajstić information content (AvgIpc) is 3.44. The van der Waals surface area contributed by atoms with Crippen LogP contribution in [0.15, 0.2) is 41.8 Å². The number of carbonyl (C=O) groups is 2. The summed E-state index contributed by atoms with van der Waals surface area (Å²) in [6, 6.07) is 10.4. The van der Waals surface area contributed by atoms with Gasteiger partial charge in [0.25, 0.3) is 0 Å². The number of hydrogen-bond donors (Lipinski definition) is 0. The van der Waals surface area contributed by atoms with E-state index in [4.69, 9.17) is 23.7 Å². The molecule has 9 heteroatoms. The Morgan fingerprint density at radius 3 is 2.06 bits per heavy atom. The summed E-state index contributed by atoms with van der Waals surface area (Å²) in [6.45, 7) is -0.347. The second kappa shape index (κ2) is 11.8. The highest BCUT2D eigenvalue weighted by Gasteiger charge is 2.19. The number of rotatable bonds is 9. The normalized spacial score (nSPS) is 9.97. The van der Waals surface area contributed by atoms with Crippen LogP contribution in [0.5, 0.6) is 28.7 Å². The van der Waals surface area contributed by atoms with Crippen molar-refractivity contribution >= 4 is 23.1 Å². The molecule has 0 amide bonds. The van der Waals surface area contributed by atoms with Gasteiger partial charge in [0, 0.05) is 22.1 Å². The van der Waals surface area contributed by atoms with Gasteiger partial charge in [-0.25, -0.2) is 4.79 Å². The van der Waals surface area contributed by atoms with Gasteiger partial charge < -0.3 is 28.4 Å². The quantitative estimate of drug-likeness (QED) is 0.247. The van der Waals surface area contributed by atoms with Crippen molar-refractivity contribution in [2.24, 2.45) is 0 Å². The first-order chi connectivity index (χ1) is 16.9. The SMILES string of the molecule is COC(=O)COc1c(OC)cc(C(=O)C#Cc2cc(-c3cccs3)c(OC)cc2OC)cc1OC. The molecule has 0 spiro atoms. The lowest BCUT2D eigenvalue weighted by Crippen LogP contribution is -2.13. The van der Waals surface area contributed by atoms with Crippen molar-refractivity contribution in [2.45, 2.75) is 0 Å². The fourth-order valence-electron chi connectivity index (χ4n) is 3.16. The molecule has 0 unspecified atom stereocenters. The van der Waals surface area contributed by atoms with Crippen LogP contribution in [-0.4, -0.2) is 53.9 Å². The van der Waals surface area contributed by atoms with Gasteiger partial charge >= 0.3 is 5.97 Å². The molecule has 3 rings (SSSR count). The first-order valence-corrected chi connectivity index (χ1v) is 11.2. The van der Waals surface area contributed by atoms with E-state index in [1.807, 2.05) is 23.6 Å². The summed E-state index contributed by atoms with van der Waals surface area (Å²) in [5.74, 6) is 6.20. The van der Waals surface area contributed by atoms with Gasteiger partial charge in [-0.15, -0.1) is 11.3 Å². The molecule has 0 saturated heterocycles. The van der Waals surface area contributed by atoms with Gasteiger partial charge in [-0.2, -0.15) is 0 Å². The molecule has 8 nitrogen and oxygen atoms in total. The zero-order chi connectivity index (χ0) is 25.4. The number of ether oxygens (including phenoxy) is 6. The summed E-state index contributed by atoms with van der Waals surface area (Å²) in [6.07, 6.45) is 0. The Morgan fingerprint density at radius 2 is 1.51 bits per heavy atom. The highest BCUT2D eigenvalue weighted by Crippen LogP contribution is 2.39. The monoisotopic (exact) mass is 496 g/mol. The fraction of sp³-hybridized carbons (Fsp3) is 0.231. The van der Waals surface area contributed by atoms with E-state index in [1.54, 1.807) is 24.5 Å². The molecule has 1 heterocycles. The minimum Gasteiger partial charge on any atom is -0.496 e. The molecule has 0 N–H and O–H groups in total. The van der Waals surface area contributed by atoms with Gasteiger partial charge in [-0.3, -0.25) is 4.79 Å². The smallest absolute Gasteiger partial charge is 0.343 e. The predicted molar refractivity (Wildman–Crippen MR) is 131 cm³/mol. The molecule has 3 aromatic rings. The largest absolute Gasteiger partial charge is 0.496 e. The highest BCUT2D eigenvalue weighted by molar-refractivity contribution is 7.13.